The lowest BCUT2D eigenvalue weighted by molar-refractivity contribution is -0.120. The van der Waals surface area contributed by atoms with Crippen molar-refractivity contribution in [2.24, 2.45) is 4.99 Å². The van der Waals surface area contributed by atoms with E-state index in [1.807, 2.05) is 17.5 Å². The van der Waals surface area contributed by atoms with Crippen molar-refractivity contribution in [3.05, 3.63) is 46.5 Å². The van der Waals surface area contributed by atoms with Gasteiger partial charge in [-0.05, 0) is 34.5 Å². The Balaban J connectivity index is 0.00000242. The van der Waals surface area contributed by atoms with E-state index in [1.54, 1.807) is 30.7 Å². The average Bonchev–Trinajstić information content (AvgIpc) is 3.18. The summed E-state index contributed by atoms with van der Waals surface area (Å²) in [6, 6.07) is 5.64. The Morgan fingerprint density at radius 1 is 1.27 bits per heavy atom. The molecule has 0 atom stereocenters. The zero-order valence-electron chi connectivity index (χ0n) is 12.2. The first-order chi connectivity index (χ1) is 10.3. The van der Waals surface area contributed by atoms with Gasteiger partial charge in [0, 0.05) is 13.6 Å². The number of rotatable bonds is 6. The van der Waals surface area contributed by atoms with E-state index in [0.29, 0.717) is 19.0 Å². The molecule has 6 nitrogen and oxygen atoms in total. The van der Waals surface area contributed by atoms with E-state index < -0.39 is 0 Å². The molecule has 0 radical (unpaired) electrons. The van der Waals surface area contributed by atoms with Crippen molar-refractivity contribution < 1.29 is 9.21 Å². The molecular formula is C14H19IN4O2S. The first kappa shape index (κ1) is 18.5. The van der Waals surface area contributed by atoms with Gasteiger partial charge in [0.25, 0.3) is 0 Å². The molecule has 2 rings (SSSR count). The lowest BCUT2D eigenvalue weighted by Crippen LogP contribution is -2.42. The van der Waals surface area contributed by atoms with Crippen LogP contribution in [0.3, 0.4) is 0 Å². The molecule has 0 saturated heterocycles. The summed E-state index contributed by atoms with van der Waals surface area (Å²) in [5.74, 6) is 1.20. The van der Waals surface area contributed by atoms with Crippen LogP contribution >= 0.6 is 35.3 Å². The third-order valence-corrected chi connectivity index (χ3v) is 3.45. The number of thiophene rings is 1. The number of amides is 1. The smallest absolute Gasteiger partial charge is 0.239 e. The van der Waals surface area contributed by atoms with Crippen LogP contribution < -0.4 is 16.0 Å². The van der Waals surface area contributed by atoms with Gasteiger partial charge in [0.2, 0.25) is 5.91 Å². The number of hydrogen-bond acceptors (Lipinski definition) is 4. The molecular weight excluding hydrogens is 415 g/mol. The van der Waals surface area contributed by atoms with Crippen LogP contribution in [0.25, 0.3) is 0 Å². The first-order valence-electron chi connectivity index (χ1n) is 6.52. The SMILES string of the molecule is CN=C(NCC(=O)NCc1ccco1)NCc1ccsc1.I. The Hall–Kier alpha value is -1.55. The summed E-state index contributed by atoms with van der Waals surface area (Å²) in [6.07, 6.45) is 1.58. The molecule has 3 N–H and O–H groups in total. The van der Waals surface area contributed by atoms with Gasteiger partial charge < -0.3 is 20.4 Å². The molecule has 0 aromatic carbocycles. The molecule has 0 saturated carbocycles. The maximum absolute atomic E-state index is 11.7. The zero-order valence-corrected chi connectivity index (χ0v) is 15.3. The van der Waals surface area contributed by atoms with Crippen LogP contribution in [0, 0.1) is 0 Å². The molecule has 0 spiro atoms. The van der Waals surface area contributed by atoms with Crippen molar-refractivity contribution in [1.82, 2.24) is 16.0 Å². The normalized spacial score (nSPS) is 10.7. The summed E-state index contributed by atoms with van der Waals surface area (Å²) in [5.41, 5.74) is 1.19. The zero-order chi connectivity index (χ0) is 14.9. The van der Waals surface area contributed by atoms with Crippen molar-refractivity contribution in [3.63, 3.8) is 0 Å². The largest absolute Gasteiger partial charge is 0.467 e. The molecule has 8 heteroatoms. The molecule has 2 aromatic heterocycles. The number of nitrogens with one attached hydrogen (secondary N) is 3. The standard InChI is InChI=1S/C14H18N4O2S.HI/c1-15-14(17-7-11-4-6-21-10-11)18-9-13(19)16-8-12-3-2-5-20-12;/h2-6,10H,7-9H2,1H3,(H,16,19)(H2,15,17,18);1H. The van der Waals surface area contributed by atoms with Crippen molar-refractivity contribution in [1.29, 1.82) is 0 Å². The van der Waals surface area contributed by atoms with Gasteiger partial charge in [0.15, 0.2) is 5.96 Å². The summed E-state index contributed by atoms with van der Waals surface area (Å²) in [4.78, 5) is 15.8. The van der Waals surface area contributed by atoms with Gasteiger partial charge in [-0.25, -0.2) is 0 Å². The first-order valence-corrected chi connectivity index (χ1v) is 7.47. The number of hydrogen-bond donors (Lipinski definition) is 3. The maximum Gasteiger partial charge on any atom is 0.239 e. The fourth-order valence-corrected chi connectivity index (χ4v) is 2.29. The highest BCUT2D eigenvalue weighted by Gasteiger charge is 2.04. The van der Waals surface area contributed by atoms with Gasteiger partial charge in [0.05, 0.1) is 19.4 Å². The van der Waals surface area contributed by atoms with Gasteiger partial charge >= 0.3 is 0 Å². The third-order valence-electron chi connectivity index (χ3n) is 2.72. The van der Waals surface area contributed by atoms with Crippen LogP contribution in [0.2, 0.25) is 0 Å². The van der Waals surface area contributed by atoms with E-state index >= 15 is 0 Å². The Labute approximate surface area is 150 Å². The number of carbonyl (C=O) groups excluding carboxylic acids is 1. The molecule has 0 bridgehead atoms. The van der Waals surface area contributed by atoms with Gasteiger partial charge in [-0.3, -0.25) is 9.79 Å². The second-order valence-electron chi connectivity index (χ2n) is 4.27. The average molecular weight is 434 g/mol. The summed E-state index contributed by atoms with van der Waals surface area (Å²) in [6.45, 7) is 1.22. The molecule has 2 heterocycles. The minimum atomic E-state index is -0.120. The van der Waals surface area contributed by atoms with Crippen LogP contribution in [-0.4, -0.2) is 25.5 Å². The van der Waals surface area contributed by atoms with Crippen molar-refractivity contribution in [2.45, 2.75) is 13.1 Å². The lowest BCUT2D eigenvalue weighted by Gasteiger charge is -2.11. The van der Waals surface area contributed by atoms with E-state index in [0.717, 1.165) is 5.76 Å². The van der Waals surface area contributed by atoms with Crippen molar-refractivity contribution in [2.75, 3.05) is 13.6 Å². The Morgan fingerprint density at radius 2 is 2.14 bits per heavy atom. The maximum atomic E-state index is 11.7. The highest BCUT2D eigenvalue weighted by atomic mass is 127. The second-order valence-corrected chi connectivity index (χ2v) is 5.05. The molecule has 0 aliphatic rings. The summed E-state index contributed by atoms with van der Waals surface area (Å²) in [5, 5.41) is 13.0. The van der Waals surface area contributed by atoms with Gasteiger partial charge in [-0.2, -0.15) is 11.3 Å². The fraction of sp³-hybridized carbons (Fsp3) is 0.286. The molecule has 2 aromatic rings. The molecule has 0 aliphatic carbocycles. The van der Waals surface area contributed by atoms with E-state index in [9.17, 15) is 4.79 Å². The highest BCUT2D eigenvalue weighted by molar-refractivity contribution is 14.0. The second kappa shape index (κ2) is 10.2. The van der Waals surface area contributed by atoms with Crippen LogP contribution in [0.5, 0.6) is 0 Å². The summed E-state index contributed by atoms with van der Waals surface area (Å²) >= 11 is 1.65. The topological polar surface area (TPSA) is 78.7 Å². The van der Waals surface area contributed by atoms with E-state index in [4.69, 9.17) is 4.42 Å². The summed E-state index contributed by atoms with van der Waals surface area (Å²) in [7, 11) is 1.67. The number of nitrogens with zero attached hydrogens (tertiary/aromatic N) is 1. The Bertz CT molecular complexity index is 570. The number of carbonyl (C=O) groups is 1. The number of guanidine groups is 1. The van der Waals surface area contributed by atoms with Crippen LogP contribution in [0.4, 0.5) is 0 Å². The van der Waals surface area contributed by atoms with Gasteiger partial charge in [0.1, 0.15) is 5.76 Å². The van der Waals surface area contributed by atoms with Crippen LogP contribution in [0.1, 0.15) is 11.3 Å². The lowest BCUT2D eigenvalue weighted by atomic mass is 10.3. The van der Waals surface area contributed by atoms with Gasteiger partial charge in [-0.1, -0.05) is 0 Å². The van der Waals surface area contributed by atoms with Crippen molar-refractivity contribution in [3.8, 4) is 0 Å². The molecule has 22 heavy (non-hydrogen) atoms. The molecule has 0 aliphatic heterocycles. The van der Waals surface area contributed by atoms with Crippen LogP contribution in [-0.2, 0) is 17.9 Å². The van der Waals surface area contributed by atoms with E-state index in [-0.39, 0.29) is 36.4 Å². The highest BCUT2D eigenvalue weighted by Crippen LogP contribution is 2.04. The number of furan rings is 1. The van der Waals surface area contributed by atoms with Crippen LogP contribution in [0.15, 0.2) is 44.6 Å². The molecule has 0 unspecified atom stereocenters. The summed E-state index contributed by atoms with van der Waals surface area (Å²) < 4.78 is 5.14. The predicted octanol–water partition coefficient (Wildman–Crippen LogP) is 1.94. The quantitative estimate of drug-likeness (QED) is 0.369. The number of halogens is 1. The van der Waals surface area contributed by atoms with Gasteiger partial charge in [-0.15, -0.1) is 24.0 Å². The van der Waals surface area contributed by atoms with E-state index in [2.05, 4.69) is 26.3 Å². The molecule has 0 fully saturated rings. The van der Waals surface area contributed by atoms with Crippen molar-refractivity contribution >= 4 is 47.2 Å². The minimum absolute atomic E-state index is 0. The Kier molecular flexibility index (Phi) is 8.60. The Morgan fingerprint density at radius 3 is 2.77 bits per heavy atom. The molecule has 1 amide bonds. The minimum Gasteiger partial charge on any atom is -0.467 e. The predicted molar refractivity (Wildman–Crippen MR) is 98.5 cm³/mol. The molecule has 120 valence electrons. The monoisotopic (exact) mass is 434 g/mol. The third kappa shape index (κ3) is 6.48. The number of aliphatic imine (C=N–C) groups is 1. The van der Waals surface area contributed by atoms with E-state index in [1.165, 1.54) is 5.56 Å². The fourth-order valence-electron chi connectivity index (χ4n) is 1.63.